The molecule has 1 heterocycles. The van der Waals surface area contributed by atoms with Crippen LogP contribution < -0.4 is 5.73 Å². The molecule has 2 rings (SSSR count). The molecular formula is C12H13BrN2S. The first-order valence-electron chi connectivity index (χ1n) is 5.13. The van der Waals surface area contributed by atoms with E-state index in [2.05, 4.69) is 40.0 Å². The molecule has 1 aromatic carbocycles. The number of nitrogens with two attached hydrogens (primary N) is 1. The van der Waals surface area contributed by atoms with Gasteiger partial charge in [0.1, 0.15) is 5.01 Å². The highest BCUT2D eigenvalue weighted by molar-refractivity contribution is 9.11. The standard InChI is InChI=1S/C12H13BrN2S/c1-8-4-2-3-5-9(8)12-15-10(6-7-14)11(13)16-12/h2-5H,6-7,14H2,1H3. The van der Waals surface area contributed by atoms with Crippen LogP contribution in [0.5, 0.6) is 0 Å². The Kier molecular flexibility index (Phi) is 3.74. The van der Waals surface area contributed by atoms with Crippen molar-refractivity contribution >= 4 is 27.3 Å². The van der Waals surface area contributed by atoms with E-state index >= 15 is 0 Å². The second-order valence-corrected chi connectivity index (χ2v) is 5.91. The van der Waals surface area contributed by atoms with Gasteiger partial charge in [0.15, 0.2) is 0 Å². The van der Waals surface area contributed by atoms with Gasteiger partial charge in [-0.2, -0.15) is 0 Å². The Morgan fingerprint density at radius 1 is 1.38 bits per heavy atom. The van der Waals surface area contributed by atoms with Crippen LogP contribution in [0.4, 0.5) is 0 Å². The van der Waals surface area contributed by atoms with E-state index in [4.69, 9.17) is 5.73 Å². The maximum absolute atomic E-state index is 5.55. The molecule has 0 aliphatic heterocycles. The van der Waals surface area contributed by atoms with E-state index in [1.54, 1.807) is 11.3 Å². The molecule has 2 N–H and O–H groups in total. The Morgan fingerprint density at radius 2 is 2.12 bits per heavy atom. The van der Waals surface area contributed by atoms with E-state index in [0.717, 1.165) is 20.9 Å². The fourth-order valence-corrected chi connectivity index (χ4v) is 3.23. The predicted molar refractivity (Wildman–Crippen MR) is 72.7 cm³/mol. The number of aryl methyl sites for hydroxylation is 1. The van der Waals surface area contributed by atoms with Crippen molar-refractivity contribution in [3.8, 4) is 10.6 Å². The lowest BCUT2D eigenvalue weighted by molar-refractivity contribution is 0.931. The van der Waals surface area contributed by atoms with Crippen LogP contribution in [0, 0.1) is 6.92 Å². The van der Waals surface area contributed by atoms with E-state index in [9.17, 15) is 0 Å². The SMILES string of the molecule is Cc1ccccc1-c1nc(CCN)c(Br)s1. The first kappa shape index (κ1) is 11.8. The molecule has 0 spiro atoms. The minimum Gasteiger partial charge on any atom is -0.330 e. The van der Waals surface area contributed by atoms with Gasteiger partial charge in [-0.1, -0.05) is 24.3 Å². The first-order valence-corrected chi connectivity index (χ1v) is 6.74. The van der Waals surface area contributed by atoms with Crippen molar-refractivity contribution in [2.45, 2.75) is 13.3 Å². The largest absolute Gasteiger partial charge is 0.330 e. The fourth-order valence-electron chi connectivity index (χ4n) is 1.55. The predicted octanol–water partition coefficient (Wildman–Crippen LogP) is 3.38. The van der Waals surface area contributed by atoms with E-state index in [1.807, 2.05) is 12.1 Å². The highest BCUT2D eigenvalue weighted by Gasteiger charge is 2.11. The molecule has 16 heavy (non-hydrogen) atoms. The summed E-state index contributed by atoms with van der Waals surface area (Å²) in [5, 5.41) is 1.06. The van der Waals surface area contributed by atoms with Crippen LogP contribution in [-0.2, 0) is 6.42 Å². The normalized spacial score (nSPS) is 10.7. The Morgan fingerprint density at radius 3 is 2.81 bits per heavy atom. The molecule has 0 atom stereocenters. The van der Waals surface area contributed by atoms with Crippen molar-refractivity contribution in [3.63, 3.8) is 0 Å². The van der Waals surface area contributed by atoms with Gasteiger partial charge in [0.2, 0.25) is 0 Å². The molecule has 1 aromatic heterocycles. The summed E-state index contributed by atoms with van der Waals surface area (Å²) in [6.45, 7) is 2.74. The zero-order valence-electron chi connectivity index (χ0n) is 9.03. The van der Waals surface area contributed by atoms with Gasteiger partial charge >= 0.3 is 0 Å². The molecule has 2 aromatic rings. The zero-order chi connectivity index (χ0) is 11.5. The second-order valence-electron chi connectivity index (χ2n) is 3.59. The minimum atomic E-state index is 0.634. The number of hydrogen-bond acceptors (Lipinski definition) is 3. The third kappa shape index (κ3) is 2.34. The van der Waals surface area contributed by atoms with Crippen LogP contribution >= 0.6 is 27.3 Å². The van der Waals surface area contributed by atoms with E-state index in [1.165, 1.54) is 11.1 Å². The van der Waals surface area contributed by atoms with Crippen LogP contribution in [0.3, 0.4) is 0 Å². The van der Waals surface area contributed by atoms with E-state index in [0.29, 0.717) is 6.54 Å². The van der Waals surface area contributed by atoms with E-state index < -0.39 is 0 Å². The molecular weight excluding hydrogens is 284 g/mol. The molecule has 84 valence electrons. The summed E-state index contributed by atoms with van der Waals surface area (Å²) in [5.74, 6) is 0. The fraction of sp³-hybridized carbons (Fsp3) is 0.250. The molecule has 0 radical (unpaired) electrons. The van der Waals surface area contributed by atoms with Gasteiger partial charge in [-0.25, -0.2) is 4.98 Å². The Labute approximate surface area is 108 Å². The summed E-state index contributed by atoms with van der Waals surface area (Å²) in [4.78, 5) is 4.62. The summed E-state index contributed by atoms with van der Waals surface area (Å²) in [6.07, 6.45) is 0.822. The average Bonchev–Trinajstić information content (AvgIpc) is 2.61. The monoisotopic (exact) mass is 296 g/mol. The van der Waals surface area contributed by atoms with E-state index in [-0.39, 0.29) is 0 Å². The molecule has 0 unspecified atom stereocenters. The number of nitrogens with zero attached hydrogens (tertiary/aromatic N) is 1. The molecule has 0 bridgehead atoms. The summed E-state index contributed by atoms with van der Waals surface area (Å²) in [7, 11) is 0. The van der Waals surface area contributed by atoms with Gasteiger partial charge in [0, 0.05) is 12.0 Å². The van der Waals surface area contributed by atoms with Gasteiger partial charge in [0.05, 0.1) is 9.48 Å². The zero-order valence-corrected chi connectivity index (χ0v) is 11.4. The van der Waals surface area contributed by atoms with Crippen LogP contribution in [0.25, 0.3) is 10.6 Å². The lowest BCUT2D eigenvalue weighted by atomic mass is 10.1. The summed E-state index contributed by atoms with van der Waals surface area (Å²) in [6, 6.07) is 8.29. The van der Waals surface area contributed by atoms with Gasteiger partial charge in [-0.05, 0) is 35.0 Å². The Balaban J connectivity index is 2.42. The topological polar surface area (TPSA) is 38.9 Å². The summed E-state index contributed by atoms with van der Waals surface area (Å²) >= 11 is 5.21. The van der Waals surface area contributed by atoms with Crippen molar-refractivity contribution in [1.29, 1.82) is 0 Å². The van der Waals surface area contributed by atoms with Crippen LogP contribution in [-0.4, -0.2) is 11.5 Å². The van der Waals surface area contributed by atoms with Crippen molar-refractivity contribution in [2.24, 2.45) is 5.73 Å². The van der Waals surface area contributed by atoms with Crippen molar-refractivity contribution in [1.82, 2.24) is 4.98 Å². The smallest absolute Gasteiger partial charge is 0.124 e. The van der Waals surface area contributed by atoms with Crippen molar-refractivity contribution in [2.75, 3.05) is 6.54 Å². The second kappa shape index (κ2) is 5.08. The number of aromatic nitrogens is 1. The Bertz CT molecular complexity index is 494. The number of halogens is 1. The molecule has 0 saturated carbocycles. The van der Waals surface area contributed by atoms with Gasteiger partial charge < -0.3 is 5.73 Å². The molecule has 0 aliphatic rings. The quantitative estimate of drug-likeness (QED) is 0.943. The number of thiazole rings is 1. The third-order valence-electron chi connectivity index (χ3n) is 2.41. The summed E-state index contributed by atoms with van der Waals surface area (Å²) in [5.41, 5.74) is 9.07. The number of rotatable bonds is 3. The first-order chi connectivity index (χ1) is 7.72. The molecule has 2 nitrogen and oxygen atoms in total. The third-order valence-corrected chi connectivity index (χ3v) is 4.27. The number of benzene rings is 1. The van der Waals surface area contributed by atoms with Gasteiger partial charge in [-0.15, -0.1) is 11.3 Å². The van der Waals surface area contributed by atoms with Gasteiger partial charge in [-0.3, -0.25) is 0 Å². The van der Waals surface area contributed by atoms with Crippen LogP contribution in [0.15, 0.2) is 28.1 Å². The molecule has 4 heteroatoms. The van der Waals surface area contributed by atoms with Crippen LogP contribution in [0.1, 0.15) is 11.3 Å². The molecule has 0 fully saturated rings. The van der Waals surface area contributed by atoms with Crippen LogP contribution in [0.2, 0.25) is 0 Å². The highest BCUT2D eigenvalue weighted by Crippen LogP contribution is 2.33. The number of hydrogen-bond donors (Lipinski definition) is 1. The Hall–Kier alpha value is -0.710. The lowest BCUT2D eigenvalue weighted by Crippen LogP contribution is -2.03. The average molecular weight is 297 g/mol. The molecule has 0 aliphatic carbocycles. The van der Waals surface area contributed by atoms with Crippen molar-refractivity contribution in [3.05, 3.63) is 39.3 Å². The molecule has 0 amide bonds. The molecule has 0 saturated heterocycles. The lowest BCUT2D eigenvalue weighted by Gasteiger charge is -2.00. The maximum atomic E-state index is 5.55. The maximum Gasteiger partial charge on any atom is 0.124 e. The van der Waals surface area contributed by atoms with Crippen molar-refractivity contribution < 1.29 is 0 Å². The summed E-state index contributed by atoms with van der Waals surface area (Å²) < 4.78 is 1.09. The van der Waals surface area contributed by atoms with Gasteiger partial charge in [0.25, 0.3) is 0 Å². The minimum absolute atomic E-state index is 0.634. The highest BCUT2D eigenvalue weighted by atomic mass is 79.9.